The zero-order valence-electron chi connectivity index (χ0n) is 7.69. The van der Waals surface area contributed by atoms with Crippen molar-refractivity contribution in [1.29, 1.82) is 0 Å². The molecular weight excluding hydrogens is 178 g/mol. The highest BCUT2D eigenvalue weighted by Gasteiger charge is 2.43. The number of aldehydes is 1. The Balaban J connectivity index is 2.24. The highest BCUT2D eigenvalue weighted by molar-refractivity contribution is 5.74. The third-order valence-corrected chi connectivity index (χ3v) is 2.68. The van der Waals surface area contributed by atoms with Crippen LogP contribution in [0.2, 0.25) is 0 Å². The third-order valence-electron chi connectivity index (χ3n) is 2.68. The van der Waals surface area contributed by atoms with E-state index in [2.05, 4.69) is 5.32 Å². The Morgan fingerprint density at radius 1 is 1.14 bits per heavy atom. The van der Waals surface area contributed by atoms with E-state index < -0.39 is 0 Å². The predicted molar refractivity (Wildman–Crippen MR) is 51.9 cm³/mol. The predicted octanol–water partition coefficient (Wildman–Crippen LogP) is 1.23. The summed E-state index contributed by atoms with van der Waals surface area (Å²) < 4.78 is 0. The molecule has 3 nitrogen and oxygen atoms in total. The first kappa shape index (κ1) is 8.94. The molecule has 1 aliphatic carbocycles. The van der Waals surface area contributed by atoms with Crippen molar-refractivity contribution in [3.05, 3.63) is 35.4 Å². The molecule has 0 aromatic heterocycles. The Kier molecular flexibility index (Phi) is 2.08. The third kappa shape index (κ3) is 1.41. The van der Waals surface area contributed by atoms with Crippen LogP contribution in [0.25, 0.3) is 0 Å². The molecule has 72 valence electrons. The number of rotatable bonds is 4. The first-order valence-corrected chi connectivity index (χ1v) is 4.58. The Morgan fingerprint density at radius 3 is 2.21 bits per heavy atom. The molecule has 0 heterocycles. The zero-order chi connectivity index (χ0) is 10.0. The van der Waals surface area contributed by atoms with Crippen molar-refractivity contribution in [2.75, 3.05) is 0 Å². The summed E-state index contributed by atoms with van der Waals surface area (Å²) in [6.45, 7) is 0. The monoisotopic (exact) mass is 189 g/mol. The maximum atomic E-state index is 10.4. The maximum absolute atomic E-state index is 10.4. The average molecular weight is 189 g/mol. The average Bonchev–Trinajstić information content (AvgIpc) is 3.00. The number of amides is 1. The van der Waals surface area contributed by atoms with Gasteiger partial charge in [0, 0.05) is 5.56 Å². The maximum Gasteiger partial charge on any atom is 0.207 e. The summed E-state index contributed by atoms with van der Waals surface area (Å²) in [6.07, 6.45) is 3.51. The highest BCUT2D eigenvalue weighted by Crippen LogP contribution is 2.44. The molecule has 0 bridgehead atoms. The van der Waals surface area contributed by atoms with Gasteiger partial charge in [-0.1, -0.05) is 24.3 Å². The van der Waals surface area contributed by atoms with E-state index in [1.54, 1.807) is 12.1 Å². The van der Waals surface area contributed by atoms with Crippen LogP contribution in [0, 0.1) is 0 Å². The molecule has 0 spiro atoms. The van der Waals surface area contributed by atoms with Crippen LogP contribution in [0.1, 0.15) is 28.8 Å². The molecule has 3 heteroatoms. The second-order valence-corrected chi connectivity index (χ2v) is 3.58. The SMILES string of the molecule is O=CNC1(c2ccc(C=O)cc2)CC1. The number of hydrogen-bond donors (Lipinski definition) is 1. The fourth-order valence-electron chi connectivity index (χ4n) is 1.63. The topological polar surface area (TPSA) is 46.2 Å². The van der Waals surface area contributed by atoms with Crippen molar-refractivity contribution in [2.24, 2.45) is 0 Å². The van der Waals surface area contributed by atoms with Crippen molar-refractivity contribution in [2.45, 2.75) is 18.4 Å². The summed E-state index contributed by atoms with van der Waals surface area (Å²) in [7, 11) is 0. The number of nitrogens with one attached hydrogen (secondary N) is 1. The van der Waals surface area contributed by atoms with Gasteiger partial charge in [-0.15, -0.1) is 0 Å². The van der Waals surface area contributed by atoms with Gasteiger partial charge in [0.15, 0.2) is 0 Å². The Bertz CT molecular complexity index is 352. The highest BCUT2D eigenvalue weighted by atomic mass is 16.1. The van der Waals surface area contributed by atoms with Crippen LogP contribution < -0.4 is 5.32 Å². The normalized spacial score (nSPS) is 17.1. The summed E-state index contributed by atoms with van der Waals surface area (Å²) in [5, 5.41) is 2.82. The first-order valence-electron chi connectivity index (χ1n) is 4.58. The van der Waals surface area contributed by atoms with Crippen LogP contribution >= 0.6 is 0 Å². The lowest BCUT2D eigenvalue weighted by molar-refractivity contribution is -0.110. The molecule has 1 fully saturated rings. The molecule has 1 amide bonds. The molecule has 0 unspecified atom stereocenters. The second-order valence-electron chi connectivity index (χ2n) is 3.58. The molecule has 1 aromatic rings. The van der Waals surface area contributed by atoms with Gasteiger partial charge in [-0.2, -0.15) is 0 Å². The Morgan fingerprint density at radius 2 is 1.79 bits per heavy atom. The quantitative estimate of drug-likeness (QED) is 0.724. The Labute approximate surface area is 82.1 Å². The van der Waals surface area contributed by atoms with Crippen molar-refractivity contribution < 1.29 is 9.59 Å². The van der Waals surface area contributed by atoms with Gasteiger partial charge in [0.1, 0.15) is 6.29 Å². The molecule has 1 N–H and O–H groups in total. The Hall–Kier alpha value is -1.64. The van der Waals surface area contributed by atoms with E-state index in [9.17, 15) is 9.59 Å². The second kappa shape index (κ2) is 3.25. The lowest BCUT2D eigenvalue weighted by Crippen LogP contribution is -2.27. The molecule has 0 saturated heterocycles. The summed E-state index contributed by atoms with van der Waals surface area (Å²) >= 11 is 0. The summed E-state index contributed by atoms with van der Waals surface area (Å²) in [6, 6.07) is 7.34. The van der Waals surface area contributed by atoms with Crippen molar-refractivity contribution in [3.63, 3.8) is 0 Å². The van der Waals surface area contributed by atoms with Crippen LogP contribution in [0.5, 0.6) is 0 Å². The van der Waals surface area contributed by atoms with Gasteiger partial charge in [0.25, 0.3) is 0 Å². The van der Waals surface area contributed by atoms with Crippen molar-refractivity contribution in [3.8, 4) is 0 Å². The molecule has 1 aliphatic rings. The first-order chi connectivity index (χ1) is 6.80. The molecule has 1 saturated carbocycles. The van der Waals surface area contributed by atoms with Crippen LogP contribution in [0.15, 0.2) is 24.3 Å². The number of carbonyl (C=O) groups excluding carboxylic acids is 2. The molecule has 0 aliphatic heterocycles. The van der Waals surface area contributed by atoms with E-state index in [1.807, 2.05) is 12.1 Å². The van der Waals surface area contributed by atoms with Gasteiger partial charge >= 0.3 is 0 Å². The van der Waals surface area contributed by atoms with Crippen LogP contribution in [0.4, 0.5) is 0 Å². The largest absolute Gasteiger partial charge is 0.349 e. The van der Waals surface area contributed by atoms with Crippen molar-refractivity contribution in [1.82, 2.24) is 5.32 Å². The minimum atomic E-state index is -0.150. The number of carbonyl (C=O) groups is 2. The molecule has 2 rings (SSSR count). The van der Waals surface area contributed by atoms with Crippen LogP contribution in [-0.2, 0) is 10.3 Å². The van der Waals surface area contributed by atoms with Gasteiger partial charge in [-0.3, -0.25) is 9.59 Å². The van der Waals surface area contributed by atoms with E-state index >= 15 is 0 Å². The van der Waals surface area contributed by atoms with E-state index in [1.165, 1.54) is 0 Å². The van der Waals surface area contributed by atoms with Gasteiger partial charge in [0.05, 0.1) is 5.54 Å². The minimum Gasteiger partial charge on any atom is -0.349 e. The summed E-state index contributed by atoms with van der Waals surface area (Å²) in [5.74, 6) is 0. The van der Waals surface area contributed by atoms with E-state index in [0.29, 0.717) is 5.56 Å². The van der Waals surface area contributed by atoms with Crippen molar-refractivity contribution >= 4 is 12.7 Å². The molecule has 1 aromatic carbocycles. The smallest absolute Gasteiger partial charge is 0.207 e. The lowest BCUT2D eigenvalue weighted by Gasteiger charge is -2.14. The minimum absolute atomic E-state index is 0.150. The molecular formula is C11H11NO2. The molecule has 14 heavy (non-hydrogen) atoms. The standard InChI is InChI=1S/C11H11NO2/c13-7-9-1-3-10(4-2-9)11(5-6-11)12-8-14/h1-4,7-8H,5-6H2,(H,12,14). The van der Waals surface area contributed by atoms with Gasteiger partial charge in [-0.05, 0) is 18.4 Å². The van der Waals surface area contributed by atoms with E-state index in [0.717, 1.165) is 31.1 Å². The number of benzene rings is 1. The van der Waals surface area contributed by atoms with Gasteiger partial charge in [0.2, 0.25) is 6.41 Å². The van der Waals surface area contributed by atoms with E-state index in [-0.39, 0.29) is 5.54 Å². The summed E-state index contributed by atoms with van der Waals surface area (Å²) in [4.78, 5) is 20.8. The molecule has 0 atom stereocenters. The fraction of sp³-hybridized carbons (Fsp3) is 0.273. The van der Waals surface area contributed by atoms with E-state index in [4.69, 9.17) is 0 Å². The molecule has 0 radical (unpaired) electrons. The van der Waals surface area contributed by atoms with Gasteiger partial charge in [-0.25, -0.2) is 0 Å². The fourth-order valence-corrected chi connectivity index (χ4v) is 1.63. The van der Waals surface area contributed by atoms with Crippen LogP contribution in [-0.4, -0.2) is 12.7 Å². The van der Waals surface area contributed by atoms with Crippen LogP contribution in [0.3, 0.4) is 0 Å². The zero-order valence-corrected chi connectivity index (χ0v) is 7.69. The lowest BCUT2D eigenvalue weighted by atomic mass is 10.0. The van der Waals surface area contributed by atoms with Gasteiger partial charge < -0.3 is 5.32 Å². The number of hydrogen-bond acceptors (Lipinski definition) is 2. The summed E-state index contributed by atoms with van der Waals surface area (Å²) in [5.41, 5.74) is 1.59.